The zero-order valence-corrected chi connectivity index (χ0v) is 7.09. The van der Waals surface area contributed by atoms with Crippen molar-refractivity contribution in [1.29, 1.82) is 0 Å². The van der Waals surface area contributed by atoms with Crippen molar-refractivity contribution in [3.8, 4) is 0 Å². The van der Waals surface area contributed by atoms with Crippen molar-refractivity contribution < 1.29 is 0 Å². The van der Waals surface area contributed by atoms with Gasteiger partial charge in [-0.1, -0.05) is 6.08 Å². The number of fused-ring (bicyclic) bond motifs is 1. The molecule has 0 radical (unpaired) electrons. The third kappa shape index (κ3) is 1.43. The van der Waals surface area contributed by atoms with E-state index in [0.29, 0.717) is 6.54 Å². The summed E-state index contributed by atoms with van der Waals surface area (Å²) in [7, 11) is 0. The first-order chi connectivity index (χ1) is 6.42. The maximum Gasteiger partial charge on any atom is 0.154 e. The number of imidazole rings is 1. The standard InChI is InChI=1S/C9H10N4/c10-5-1-3-8-7-11-9-4-2-6-12-13(8)9/h1-4,6-7H,5,10H2. The predicted molar refractivity (Wildman–Crippen MR) is 51.1 cm³/mol. The SMILES string of the molecule is NCC=Cc1cnc2cccnn12. The lowest BCUT2D eigenvalue weighted by atomic mass is 10.4. The largest absolute Gasteiger partial charge is 0.327 e. The van der Waals surface area contributed by atoms with Crippen LogP contribution >= 0.6 is 0 Å². The Morgan fingerprint density at radius 3 is 3.31 bits per heavy atom. The highest BCUT2D eigenvalue weighted by molar-refractivity contribution is 5.50. The Labute approximate surface area is 75.7 Å². The summed E-state index contributed by atoms with van der Waals surface area (Å²) in [5, 5.41) is 4.16. The number of hydrogen-bond acceptors (Lipinski definition) is 3. The molecule has 0 aliphatic rings. The summed E-state index contributed by atoms with van der Waals surface area (Å²) in [6, 6.07) is 3.77. The van der Waals surface area contributed by atoms with Gasteiger partial charge < -0.3 is 5.73 Å². The minimum absolute atomic E-state index is 0.528. The van der Waals surface area contributed by atoms with Crippen LogP contribution in [0.4, 0.5) is 0 Å². The molecule has 0 aliphatic heterocycles. The van der Waals surface area contributed by atoms with Crippen molar-refractivity contribution in [2.75, 3.05) is 6.54 Å². The van der Waals surface area contributed by atoms with Crippen LogP contribution in [0.1, 0.15) is 5.69 Å². The molecule has 0 saturated carbocycles. The van der Waals surface area contributed by atoms with Gasteiger partial charge in [0.2, 0.25) is 0 Å². The number of hydrogen-bond donors (Lipinski definition) is 1. The molecular weight excluding hydrogens is 164 g/mol. The summed E-state index contributed by atoms with van der Waals surface area (Å²) < 4.78 is 1.77. The zero-order chi connectivity index (χ0) is 9.10. The fourth-order valence-corrected chi connectivity index (χ4v) is 1.15. The van der Waals surface area contributed by atoms with Gasteiger partial charge in [0.05, 0.1) is 11.9 Å². The van der Waals surface area contributed by atoms with E-state index in [1.54, 1.807) is 16.9 Å². The summed E-state index contributed by atoms with van der Waals surface area (Å²) in [6.07, 6.45) is 7.29. The first-order valence-electron chi connectivity index (χ1n) is 4.07. The van der Waals surface area contributed by atoms with Crippen LogP contribution in [-0.4, -0.2) is 21.1 Å². The second-order valence-electron chi connectivity index (χ2n) is 2.61. The van der Waals surface area contributed by atoms with Crippen LogP contribution in [0, 0.1) is 0 Å². The van der Waals surface area contributed by atoms with Crippen molar-refractivity contribution >= 4 is 11.7 Å². The third-order valence-corrected chi connectivity index (χ3v) is 1.73. The van der Waals surface area contributed by atoms with E-state index < -0.39 is 0 Å². The monoisotopic (exact) mass is 174 g/mol. The van der Waals surface area contributed by atoms with Crippen LogP contribution < -0.4 is 5.73 Å². The molecule has 0 spiro atoms. The van der Waals surface area contributed by atoms with Gasteiger partial charge >= 0.3 is 0 Å². The van der Waals surface area contributed by atoms with Gasteiger partial charge in [-0.3, -0.25) is 0 Å². The van der Waals surface area contributed by atoms with Gasteiger partial charge in [-0.15, -0.1) is 0 Å². The van der Waals surface area contributed by atoms with Crippen LogP contribution in [0.15, 0.2) is 30.6 Å². The molecule has 0 amide bonds. The van der Waals surface area contributed by atoms with Gasteiger partial charge in [0.1, 0.15) is 0 Å². The smallest absolute Gasteiger partial charge is 0.154 e. The molecule has 0 fully saturated rings. The van der Waals surface area contributed by atoms with E-state index in [1.165, 1.54) is 0 Å². The molecule has 0 saturated heterocycles. The summed E-state index contributed by atoms with van der Waals surface area (Å²) in [5.41, 5.74) is 7.14. The van der Waals surface area contributed by atoms with Crippen LogP contribution in [0.2, 0.25) is 0 Å². The van der Waals surface area contributed by atoms with Crippen molar-refractivity contribution in [3.05, 3.63) is 36.3 Å². The van der Waals surface area contributed by atoms with Crippen LogP contribution in [0.5, 0.6) is 0 Å². The Balaban J connectivity index is 2.52. The molecule has 0 aliphatic carbocycles. The molecular formula is C9H10N4. The second kappa shape index (κ2) is 3.37. The van der Waals surface area contributed by atoms with Crippen molar-refractivity contribution in [3.63, 3.8) is 0 Å². The third-order valence-electron chi connectivity index (χ3n) is 1.73. The molecule has 0 atom stereocenters. The van der Waals surface area contributed by atoms with E-state index >= 15 is 0 Å². The molecule has 66 valence electrons. The van der Waals surface area contributed by atoms with E-state index in [-0.39, 0.29) is 0 Å². The van der Waals surface area contributed by atoms with E-state index in [0.717, 1.165) is 11.3 Å². The highest BCUT2D eigenvalue weighted by atomic mass is 15.2. The topological polar surface area (TPSA) is 56.2 Å². The van der Waals surface area contributed by atoms with Gasteiger partial charge in [0.15, 0.2) is 5.65 Å². The Bertz CT molecular complexity index is 430. The van der Waals surface area contributed by atoms with Gasteiger partial charge in [-0.2, -0.15) is 5.10 Å². The van der Waals surface area contributed by atoms with Gasteiger partial charge in [-0.25, -0.2) is 9.50 Å². The first-order valence-corrected chi connectivity index (χ1v) is 4.07. The number of rotatable bonds is 2. The van der Waals surface area contributed by atoms with E-state index in [9.17, 15) is 0 Å². The lowest BCUT2D eigenvalue weighted by Gasteiger charge is -1.92. The number of nitrogens with zero attached hydrogens (tertiary/aromatic N) is 3. The molecule has 2 aromatic heterocycles. The number of aromatic nitrogens is 3. The quantitative estimate of drug-likeness (QED) is 0.729. The fraction of sp³-hybridized carbons (Fsp3) is 0.111. The average molecular weight is 174 g/mol. The van der Waals surface area contributed by atoms with Gasteiger partial charge in [0.25, 0.3) is 0 Å². The summed E-state index contributed by atoms with van der Waals surface area (Å²) in [5.74, 6) is 0. The molecule has 2 heterocycles. The molecule has 2 rings (SSSR count). The summed E-state index contributed by atoms with van der Waals surface area (Å²) >= 11 is 0. The Hall–Kier alpha value is -1.68. The molecule has 2 N–H and O–H groups in total. The molecule has 0 bridgehead atoms. The predicted octanol–water partition coefficient (Wildman–Crippen LogP) is 0.701. The molecule has 0 unspecified atom stereocenters. The summed E-state index contributed by atoms with van der Waals surface area (Å²) in [4.78, 5) is 4.18. The van der Waals surface area contributed by atoms with Crippen LogP contribution in [0.3, 0.4) is 0 Å². The zero-order valence-electron chi connectivity index (χ0n) is 7.09. The van der Waals surface area contributed by atoms with Crippen molar-refractivity contribution in [2.45, 2.75) is 0 Å². The first kappa shape index (κ1) is 7.94. The number of nitrogens with two attached hydrogens (primary N) is 1. The fourth-order valence-electron chi connectivity index (χ4n) is 1.15. The normalized spacial score (nSPS) is 11.5. The minimum atomic E-state index is 0.528. The minimum Gasteiger partial charge on any atom is -0.327 e. The van der Waals surface area contributed by atoms with Crippen LogP contribution in [0.25, 0.3) is 11.7 Å². The average Bonchev–Trinajstić information content (AvgIpc) is 2.58. The maximum absolute atomic E-state index is 5.35. The summed E-state index contributed by atoms with van der Waals surface area (Å²) in [6.45, 7) is 0.528. The van der Waals surface area contributed by atoms with Crippen LogP contribution in [-0.2, 0) is 0 Å². The maximum atomic E-state index is 5.35. The van der Waals surface area contributed by atoms with Crippen molar-refractivity contribution in [2.24, 2.45) is 5.73 Å². The highest BCUT2D eigenvalue weighted by Gasteiger charge is 1.97. The van der Waals surface area contributed by atoms with Crippen molar-refractivity contribution in [1.82, 2.24) is 14.6 Å². The van der Waals surface area contributed by atoms with E-state index in [1.807, 2.05) is 24.3 Å². The Morgan fingerprint density at radius 1 is 1.54 bits per heavy atom. The Kier molecular flexibility index (Phi) is 2.06. The highest BCUT2D eigenvalue weighted by Crippen LogP contribution is 2.04. The Morgan fingerprint density at radius 2 is 2.46 bits per heavy atom. The van der Waals surface area contributed by atoms with E-state index in [4.69, 9.17) is 5.73 Å². The van der Waals surface area contributed by atoms with Gasteiger partial charge in [0, 0.05) is 12.7 Å². The molecule has 0 aromatic carbocycles. The lowest BCUT2D eigenvalue weighted by Crippen LogP contribution is -1.94. The molecule has 2 aromatic rings. The second-order valence-corrected chi connectivity index (χ2v) is 2.61. The van der Waals surface area contributed by atoms with Gasteiger partial charge in [-0.05, 0) is 18.2 Å². The molecule has 4 heteroatoms. The molecule has 13 heavy (non-hydrogen) atoms. The lowest BCUT2D eigenvalue weighted by molar-refractivity contribution is 0.925. The molecule has 4 nitrogen and oxygen atoms in total. The van der Waals surface area contributed by atoms with E-state index in [2.05, 4.69) is 10.1 Å².